The monoisotopic (exact) mass is 270 g/mol. The van der Waals surface area contributed by atoms with Crippen LogP contribution in [0.3, 0.4) is 0 Å². The number of amides is 1. The number of hydrogen-bond acceptors (Lipinski definition) is 3. The van der Waals surface area contributed by atoms with E-state index in [4.69, 9.17) is 0 Å². The minimum Gasteiger partial charge on any atom is -0.361 e. The molecule has 1 amide bonds. The number of anilines is 1. The third kappa shape index (κ3) is 1.82. The molecule has 4 rings (SSSR count). The van der Waals surface area contributed by atoms with Gasteiger partial charge in [0.15, 0.2) is 0 Å². The lowest BCUT2D eigenvalue weighted by molar-refractivity contribution is -0.118. The summed E-state index contributed by atoms with van der Waals surface area (Å²) >= 11 is 0. The summed E-state index contributed by atoms with van der Waals surface area (Å²) in [6.07, 6.45) is 5.38. The van der Waals surface area contributed by atoms with E-state index in [1.807, 2.05) is 30.5 Å². The fourth-order valence-electron chi connectivity index (χ4n) is 3.54. The van der Waals surface area contributed by atoms with Gasteiger partial charge in [0.25, 0.3) is 0 Å². The molecule has 2 aliphatic rings. The summed E-state index contributed by atoms with van der Waals surface area (Å²) in [4.78, 5) is 15.7. The molecule has 20 heavy (non-hydrogen) atoms. The van der Waals surface area contributed by atoms with Crippen LogP contribution in [-0.2, 0) is 4.79 Å². The van der Waals surface area contributed by atoms with Crippen molar-refractivity contribution in [2.45, 2.75) is 31.3 Å². The standard InChI is InChI=1S/C15H18N4O/c20-15(14-10-3-1-6-13(10)18-19-14)17-12-5-2-4-11-9(12)7-8-16-11/h2,4-5,7-8,10,13-14,16,18-19H,1,3,6H2,(H,17,20). The minimum absolute atomic E-state index is 0.0561. The number of hydrogen-bond donors (Lipinski definition) is 4. The smallest absolute Gasteiger partial charge is 0.243 e. The predicted octanol–water partition coefficient (Wildman–Crippen LogP) is 1.75. The number of hydrazine groups is 1. The molecule has 4 N–H and O–H groups in total. The van der Waals surface area contributed by atoms with E-state index < -0.39 is 0 Å². The Labute approximate surface area is 117 Å². The van der Waals surface area contributed by atoms with Crippen molar-refractivity contribution in [1.29, 1.82) is 0 Å². The zero-order valence-corrected chi connectivity index (χ0v) is 11.1. The van der Waals surface area contributed by atoms with Crippen molar-refractivity contribution in [2.24, 2.45) is 5.92 Å². The Morgan fingerprint density at radius 3 is 3.10 bits per heavy atom. The van der Waals surface area contributed by atoms with Crippen LogP contribution in [0.2, 0.25) is 0 Å². The maximum Gasteiger partial charge on any atom is 0.243 e. The van der Waals surface area contributed by atoms with Gasteiger partial charge in [0.1, 0.15) is 6.04 Å². The Kier molecular flexibility index (Phi) is 2.75. The molecular weight excluding hydrogens is 252 g/mol. The van der Waals surface area contributed by atoms with E-state index >= 15 is 0 Å². The van der Waals surface area contributed by atoms with Gasteiger partial charge >= 0.3 is 0 Å². The number of benzene rings is 1. The molecule has 2 fully saturated rings. The van der Waals surface area contributed by atoms with Crippen LogP contribution in [-0.4, -0.2) is 23.0 Å². The first kappa shape index (κ1) is 11.9. The van der Waals surface area contributed by atoms with Gasteiger partial charge in [0.05, 0.1) is 5.69 Å². The molecule has 5 heteroatoms. The SMILES string of the molecule is O=C(Nc1cccc2[nH]ccc12)C1NNC2CCCC21. The van der Waals surface area contributed by atoms with Gasteiger partial charge < -0.3 is 10.3 Å². The maximum atomic E-state index is 12.5. The van der Waals surface area contributed by atoms with Crippen molar-refractivity contribution < 1.29 is 4.79 Å². The van der Waals surface area contributed by atoms with Gasteiger partial charge in [-0.1, -0.05) is 12.5 Å². The lowest BCUT2D eigenvalue weighted by Crippen LogP contribution is -2.42. The van der Waals surface area contributed by atoms with Crippen molar-refractivity contribution in [3.8, 4) is 0 Å². The van der Waals surface area contributed by atoms with Crippen LogP contribution in [0.1, 0.15) is 19.3 Å². The molecule has 3 unspecified atom stereocenters. The summed E-state index contributed by atoms with van der Waals surface area (Å²) in [5, 5.41) is 4.11. The Hall–Kier alpha value is -1.85. The highest BCUT2D eigenvalue weighted by molar-refractivity contribution is 6.03. The molecule has 2 heterocycles. The van der Waals surface area contributed by atoms with E-state index in [-0.39, 0.29) is 11.9 Å². The number of rotatable bonds is 2. The lowest BCUT2D eigenvalue weighted by Gasteiger charge is -2.16. The molecule has 5 nitrogen and oxygen atoms in total. The first-order valence-electron chi connectivity index (χ1n) is 7.21. The zero-order valence-electron chi connectivity index (χ0n) is 11.1. The van der Waals surface area contributed by atoms with Gasteiger partial charge in [0, 0.05) is 29.1 Å². The fourth-order valence-corrected chi connectivity index (χ4v) is 3.54. The van der Waals surface area contributed by atoms with Crippen molar-refractivity contribution >= 4 is 22.5 Å². The zero-order chi connectivity index (χ0) is 13.5. The first-order valence-corrected chi connectivity index (χ1v) is 7.21. The Bertz CT molecular complexity index is 650. The molecule has 1 aromatic carbocycles. The van der Waals surface area contributed by atoms with E-state index in [1.165, 1.54) is 6.42 Å². The number of H-pyrrole nitrogens is 1. The van der Waals surface area contributed by atoms with Crippen molar-refractivity contribution in [2.75, 3.05) is 5.32 Å². The highest BCUT2D eigenvalue weighted by Crippen LogP contribution is 2.32. The van der Waals surface area contributed by atoms with Gasteiger partial charge in [0.2, 0.25) is 5.91 Å². The molecule has 1 saturated carbocycles. The van der Waals surface area contributed by atoms with Gasteiger partial charge in [-0.3, -0.25) is 10.2 Å². The Morgan fingerprint density at radius 1 is 1.20 bits per heavy atom. The van der Waals surface area contributed by atoms with Crippen LogP contribution < -0.4 is 16.2 Å². The summed E-state index contributed by atoms with van der Waals surface area (Å²) in [6.45, 7) is 0. The molecular formula is C15H18N4O. The fraction of sp³-hybridized carbons (Fsp3) is 0.400. The third-order valence-corrected chi connectivity index (χ3v) is 4.56. The van der Waals surface area contributed by atoms with E-state index in [2.05, 4.69) is 21.2 Å². The number of nitrogens with one attached hydrogen (secondary N) is 4. The number of aromatic amines is 1. The van der Waals surface area contributed by atoms with Crippen LogP contribution in [0.15, 0.2) is 30.5 Å². The number of carbonyl (C=O) groups excluding carboxylic acids is 1. The molecule has 1 aliphatic carbocycles. The number of carbonyl (C=O) groups is 1. The largest absolute Gasteiger partial charge is 0.361 e. The van der Waals surface area contributed by atoms with Gasteiger partial charge in [-0.2, -0.15) is 0 Å². The van der Waals surface area contributed by atoms with Crippen LogP contribution in [0.4, 0.5) is 5.69 Å². The van der Waals surface area contributed by atoms with E-state index in [0.29, 0.717) is 12.0 Å². The molecule has 0 bridgehead atoms. The first-order chi connectivity index (χ1) is 9.83. The second-order valence-corrected chi connectivity index (χ2v) is 5.70. The summed E-state index contributed by atoms with van der Waals surface area (Å²) in [6, 6.07) is 8.22. The number of aromatic nitrogens is 1. The molecule has 3 atom stereocenters. The van der Waals surface area contributed by atoms with Crippen LogP contribution in [0, 0.1) is 5.92 Å². The molecule has 0 radical (unpaired) electrons. The second kappa shape index (κ2) is 4.61. The average molecular weight is 270 g/mol. The molecule has 1 aromatic heterocycles. The van der Waals surface area contributed by atoms with E-state index in [0.717, 1.165) is 29.4 Å². The molecule has 104 valence electrons. The Balaban J connectivity index is 1.57. The molecule has 0 spiro atoms. The molecule has 1 saturated heterocycles. The van der Waals surface area contributed by atoms with Crippen LogP contribution in [0.5, 0.6) is 0 Å². The highest BCUT2D eigenvalue weighted by atomic mass is 16.2. The molecule has 2 aromatic rings. The van der Waals surface area contributed by atoms with Crippen molar-refractivity contribution in [1.82, 2.24) is 15.8 Å². The quantitative estimate of drug-likeness (QED) is 0.672. The second-order valence-electron chi connectivity index (χ2n) is 5.70. The van der Waals surface area contributed by atoms with E-state index in [9.17, 15) is 4.79 Å². The summed E-state index contributed by atoms with van der Waals surface area (Å²) in [5.41, 5.74) is 8.31. The Morgan fingerprint density at radius 2 is 2.15 bits per heavy atom. The molecule has 1 aliphatic heterocycles. The normalized spacial score (nSPS) is 28.7. The lowest BCUT2D eigenvalue weighted by atomic mass is 9.96. The summed E-state index contributed by atoms with van der Waals surface area (Å²) < 4.78 is 0. The summed E-state index contributed by atoms with van der Waals surface area (Å²) in [7, 11) is 0. The maximum absolute atomic E-state index is 12.5. The summed E-state index contributed by atoms with van der Waals surface area (Å²) in [5.74, 6) is 0.473. The average Bonchev–Trinajstić information content (AvgIpc) is 3.14. The third-order valence-electron chi connectivity index (χ3n) is 4.56. The highest BCUT2D eigenvalue weighted by Gasteiger charge is 2.42. The van der Waals surface area contributed by atoms with E-state index in [1.54, 1.807) is 0 Å². The van der Waals surface area contributed by atoms with Gasteiger partial charge in [-0.05, 0) is 31.0 Å². The van der Waals surface area contributed by atoms with Gasteiger partial charge in [-0.25, -0.2) is 5.43 Å². The predicted molar refractivity (Wildman–Crippen MR) is 78.1 cm³/mol. The topological polar surface area (TPSA) is 69.0 Å². The van der Waals surface area contributed by atoms with Crippen LogP contribution >= 0.6 is 0 Å². The van der Waals surface area contributed by atoms with Crippen LogP contribution in [0.25, 0.3) is 10.9 Å². The van der Waals surface area contributed by atoms with Gasteiger partial charge in [-0.15, -0.1) is 0 Å². The minimum atomic E-state index is -0.128. The van der Waals surface area contributed by atoms with Crippen molar-refractivity contribution in [3.63, 3.8) is 0 Å². The number of fused-ring (bicyclic) bond motifs is 2. The van der Waals surface area contributed by atoms with Crippen molar-refractivity contribution in [3.05, 3.63) is 30.5 Å².